The van der Waals surface area contributed by atoms with Gasteiger partial charge in [-0.1, -0.05) is 15.9 Å². The van der Waals surface area contributed by atoms with Crippen molar-refractivity contribution in [3.8, 4) is 17.6 Å². The molecule has 0 aliphatic heterocycles. The first kappa shape index (κ1) is 10.9. The highest BCUT2D eigenvalue weighted by molar-refractivity contribution is 9.08. The third-order valence-corrected chi connectivity index (χ3v) is 2.31. The summed E-state index contributed by atoms with van der Waals surface area (Å²) in [5, 5.41) is 9.05. The number of hydrogen-bond acceptors (Lipinski definition) is 3. The molecule has 4 heteroatoms. The van der Waals surface area contributed by atoms with Crippen molar-refractivity contribution < 1.29 is 9.47 Å². The molecule has 0 unspecified atom stereocenters. The zero-order valence-corrected chi connectivity index (χ0v) is 9.37. The van der Waals surface area contributed by atoms with Crippen LogP contribution in [0.1, 0.15) is 5.56 Å². The normalized spacial score (nSPS) is 9.21. The summed E-state index contributed by atoms with van der Waals surface area (Å²) in [6, 6.07) is 7.41. The van der Waals surface area contributed by atoms with Crippen molar-refractivity contribution in [1.29, 1.82) is 5.26 Å². The topological polar surface area (TPSA) is 42.2 Å². The van der Waals surface area contributed by atoms with Crippen molar-refractivity contribution in [3.63, 3.8) is 0 Å². The Bertz CT molecular complexity index is 346. The van der Waals surface area contributed by atoms with Crippen LogP contribution in [0, 0.1) is 11.3 Å². The zero-order valence-electron chi connectivity index (χ0n) is 7.79. The molecular weight excluding hydrogens is 246 g/mol. The van der Waals surface area contributed by atoms with E-state index in [9.17, 15) is 0 Å². The number of alkyl halides is 1. The lowest BCUT2D eigenvalue weighted by Crippen LogP contribution is -1.97. The van der Waals surface area contributed by atoms with Gasteiger partial charge in [0.1, 0.15) is 17.6 Å². The molecule has 0 aliphatic carbocycles. The van der Waals surface area contributed by atoms with E-state index in [-0.39, 0.29) is 6.61 Å². The summed E-state index contributed by atoms with van der Waals surface area (Å²) in [6.45, 7) is 0.0618. The van der Waals surface area contributed by atoms with E-state index in [4.69, 9.17) is 14.7 Å². The van der Waals surface area contributed by atoms with Gasteiger partial charge in [-0.15, -0.1) is 0 Å². The Kier molecular flexibility index (Phi) is 4.27. The van der Waals surface area contributed by atoms with Crippen molar-refractivity contribution in [2.24, 2.45) is 0 Å². The molecule has 0 spiro atoms. The summed E-state index contributed by atoms with van der Waals surface area (Å²) in [5.41, 5.74) is 0.972. The van der Waals surface area contributed by atoms with Crippen LogP contribution in [0.2, 0.25) is 0 Å². The second-order valence-corrected chi connectivity index (χ2v) is 3.11. The molecule has 3 nitrogen and oxygen atoms in total. The van der Waals surface area contributed by atoms with Gasteiger partial charge in [-0.2, -0.15) is 5.26 Å². The Labute approximate surface area is 91.4 Å². The molecule has 0 N–H and O–H groups in total. The smallest absolute Gasteiger partial charge is 0.174 e. The maximum atomic E-state index is 8.38. The summed E-state index contributed by atoms with van der Waals surface area (Å²) in [7, 11) is 1.61. The number of rotatable bonds is 4. The van der Waals surface area contributed by atoms with E-state index in [1.807, 2.05) is 12.1 Å². The second-order valence-electron chi connectivity index (χ2n) is 2.55. The van der Waals surface area contributed by atoms with Crippen LogP contribution in [0.15, 0.2) is 18.2 Å². The lowest BCUT2D eigenvalue weighted by molar-refractivity contribution is 0.363. The molecule has 0 aromatic heterocycles. The van der Waals surface area contributed by atoms with E-state index in [1.165, 1.54) is 0 Å². The first-order valence-electron chi connectivity index (χ1n) is 4.04. The average Bonchev–Trinajstić information content (AvgIpc) is 2.26. The SMILES string of the molecule is COc1ccc(OCC#N)c(CBr)c1. The monoisotopic (exact) mass is 255 g/mol. The van der Waals surface area contributed by atoms with Gasteiger partial charge < -0.3 is 9.47 Å². The molecule has 0 amide bonds. The van der Waals surface area contributed by atoms with Gasteiger partial charge in [0.05, 0.1) is 7.11 Å². The second kappa shape index (κ2) is 5.51. The molecule has 0 aliphatic rings. The van der Waals surface area contributed by atoms with E-state index in [0.29, 0.717) is 11.1 Å². The van der Waals surface area contributed by atoms with E-state index >= 15 is 0 Å². The molecule has 0 bridgehead atoms. The number of hydrogen-bond donors (Lipinski definition) is 0. The lowest BCUT2D eigenvalue weighted by Gasteiger charge is -2.08. The highest BCUT2D eigenvalue weighted by Gasteiger charge is 2.03. The number of nitrogens with zero attached hydrogens (tertiary/aromatic N) is 1. The molecule has 1 aromatic carbocycles. The van der Waals surface area contributed by atoms with Crippen LogP contribution in [-0.2, 0) is 5.33 Å². The summed E-state index contributed by atoms with van der Waals surface area (Å²) in [5.74, 6) is 1.49. The van der Waals surface area contributed by atoms with E-state index < -0.39 is 0 Å². The molecule has 1 aromatic rings. The van der Waals surface area contributed by atoms with Crippen LogP contribution in [-0.4, -0.2) is 13.7 Å². The fourth-order valence-electron chi connectivity index (χ4n) is 1.04. The summed E-state index contributed by atoms with van der Waals surface area (Å²) in [4.78, 5) is 0. The Morgan fingerprint density at radius 1 is 1.50 bits per heavy atom. The predicted molar refractivity (Wildman–Crippen MR) is 56.7 cm³/mol. The van der Waals surface area contributed by atoms with Crippen LogP contribution in [0.3, 0.4) is 0 Å². The molecule has 1 rings (SSSR count). The fraction of sp³-hybridized carbons (Fsp3) is 0.300. The Morgan fingerprint density at radius 2 is 2.29 bits per heavy atom. The predicted octanol–water partition coefficient (Wildman–Crippen LogP) is 2.49. The van der Waals surface area contributed by atoms with Crippen molar-refractivity contribution in [2.45, 2.75) is 5.33 Å². The van der Waals surface area contributed by atoms with E-state index in [2.05, 4.69) is 15.9 Å². The molecular formula is C10H10BrNO2. The van der Waals surface area contributed by atoms with Crippen molar-refractivity contribution in [3.05, 3.63) is 23.8 Å². The van der Waals surface area contributed by atoms with E-state index in [1.54, 1.807) is 19.2 Å². The standard InChI is InChI=1S/C10H10BrNO2/c1-13-9-2-3-10(14-5-4-12)8(6-9)7-11/h2-3,6H,5,7H2,1H3. The van der Waals surface area contributed by atoms with Crippen LogP contribution >= 0.6 is 15.9 Å². The molecule has 0 heterocycles. The van der Waals surface area contributed by atoms with Gasteiger partial charge >= 0.3 is 0 Å². The first-order valence-corrected chi connectivity index (χ1v) is 5.16. The third kappa shape index (κ3) is 2.64. The molecule has 0 fully saturated rings. The molecule has 14 heavy (non-hydrogen) atoms. The summed E-state index contributed by atoms with van der Waals surface area (Å²) < 4.78 is 10.3. The van der Waals surface area contributed by atoms with Gasteiger partial charge in [0.15, 0.2) is 6.61 Å². The Balaban J connectivity index is 2.88. The Morgan fingerprint density at radius 3 is 2.86 bits per heavy atom. The van der Waals surface area contributed by atoms with Gasteiger partial charge in [0.25, 0.3) is 0 Å². The Hall–Kier alpha value is -1.21. The lowest BCUT2D eigenvalue weighted by atomic mass is 10.2. The van der Waals surface area contributed by atoms with E-state index in [0.717, 1.165) is 11.3 Å². The average molecular weight is 256 g/mol. The number of methoxy groups -OCH3 is 1. The minimum Gasteiger partial charge on any atom is -0.497 e. The molecule has 0 atom stereocenters. The fourth-order valence-corrected chi connectivity index (χ4v) is 1.48. The van der Waals surface area contributed by atoms with Crippen molar-refractivity contribution in [2.75, 3.05) is 13.7 Å². The number of benzene rings is 1. The van der Waals surface area contributed by atoms with Crippen molar-refractivity contribution >= 4 is 15.9 Å². The maximum Gasteiger partial charge on any atom is 0.174 e. The van der Waals surface area contributed by atoms with Crippen LogP contribution in [0.5, 0.6) is 11.5 Å². The molecule has 0 radical (unpaired) electrons. The number of halogens is 1. The molecule has 0 saturated carbocycles. The van der Waals surface area contributed by atoms with Crippen LogP contribution in [0.4, 0.5) is 0 Å². The van der Waals surface area contributed by atoms with Crippen LogP contribution in [0.25, 0.3) is 0 Å². The maximum absolute atomic E-state index is 8.38. The minimum atomic E-state index is 0.0618. The van der Waals surface area contributed by atoms with Gasteiger partial charge in [-0.05, 0) is 18.2 Å². The van der Waals surface area contributed by atoms with Crippen molar-refractivity contribution in [1.82, 2.24) is 0 Å². The summed E-state index contributed by atoms with van der Waals surface area (Å²) >= 11 is 3.35. The largest absolute Gasteiger partial charge is 0.497 e. The van der Waals surface area contributed by atoms with Gasteiger partial charge in [-0.25, -0.2) is 0 Å². The highest BCUT2D eigenvalue weighted by atomic mass is 79.9. The first-order chi connectivity index (χ1) is 6.81. The van der Waals surface area contributed by atoms with Gasteiger partial charge in [0.2, 0.25) is 0 Å². The zero-order chi connectivity index (χ0) is 10.4. The van der Waals surface area contributed by atoms with Crippen LogP contribution < -0.4 is 9.47 Å². The number of nitriles is 1. The molecule has 0 saturated heterocycles. The summed E-state index contributed by atoms with van der Waals surface area (Å²) in [6.07, 6.45) is 0. The van der Waals surface area contributed by atoms with Gasteiger partial charge in [0, 0.05) is 10.9 Å². The molecule has 74 valence electrons. The third-order valence-electron chi connectivity index (χ3n) is 1.70. The quantitative estimate of drug-likeness (QED) is 0.777. The highest BCUT2D eigenvalue weighted by Crippen LogP contribution is 2.25. The minimum absolute atomic E-state index is 0.0618. The number of ether oxygens (including phenoxy) is 2. The van der Waals surface area contributed by atoms with Gasteiger partial charge in [-0.3, -0.25) is 0 Å².